The Morgan fingerprint density at radius 2 is 2.31 bits per heavy atom. The summed E-state index contributed by atoms with van der Waals surface area (Å²) in [7, 11) is 0. The molecule has 2 aliphatic carbocycles. The van der Waals surface area contributed by atoms with Gasteiger partial charge in [-0.2, -0.15) is 0 Å². The Morgan fingerprint density at radius 3 is 2.85 bits per heavy atom. The molecule has 1 atom stereocenters. The van der Waals surface area contributed by atoms with Crippen LogP contribution in [-0.2, 0) is 0 Å². The van der Waals surface area contributed by atoms with E-state index >= 15 is 0 Å². The van der Waals surface area contributed by atoms with Crippen molar-refractivity contribution in [2.45, 2.75) is 51.0 Å². The van der Waals surface area contributed by atoms with Crippen LogP contribution < -0.4 is 11.3 Å². The van der Waals surface area contributed by atoms with Crippen molar-refractivity contribution >= 4 is 0 Å². The zero-order valence-electron chi connectivity index (χ0n) is 8.26. The zero-order valence-corrected chi connectivity index (χ0v) is 8.26. The van der Waals surface area contributed by atoms with Crippen molar-refractivity contribution in [1.29, 1.82) is 0 Å². The van der Waals surface area contributed by atoms with E-state index in [1.165, 1.54) is 44.9 Å². The number of nitrogens with two attached hydrogens (primary N) is 1. The summed E-state index contributed by atoms with van der Waals surface area (Å²) in [5, 5.41) is 0. The number of hydrazine groups is 1. The van der Waals surface area contributed by atoms with Gasteiger partial charge in [-0.3, -0.25) is 11.3 Å². The molecule has 2 aliphatic rings. The molecule has 0 aromatic rings. The summed E-state index contributed by atoms with van der Waals surface area (Å²) < 4.78 is 0. The van der Waals surface area contributed by atoms with E-state index < -0.39 is 0 Å². The van der Waals surface area contributed by atoms with Crippen LogP contribution in [0.5, 0.6) is 0 Å². The standard InChI is InChI=1S/C11H20N2/c12-13-11(10-6-7-10)8-9-4-2-1-3-5-9/h4,10-11,13H,1-3,5-8,12H2. The maximum absolute atomic E-state index is 5.55. The molecule has 1 fully saturated rings. The quantitative estimate of drug-likeness (QED) is 0.395. The van der Waals surface area contributed by atoms with Crippen molar-refractivity contribution in [3.8, 4) is 0 Å². The van der Waals surface area contributed by atoms with Crippen molar-refractivity contribution in [2.75, 3.05) is 0 Å². The molecule has 0 radical (unpaired) electrons. The first-order valence-corrected chi connectivity index (χ1v) is 5.54. The molecule has 0 aromatic heterocycles. The summed E-state index contributed by atoms with van der Waals surface area (Å²) in [5.74, 6) is 6.42. The molecule has 2 rings (SSSR count). The largest absolute Gasteiger partial charge is 0.271 e. The molecule has 0 bridgehead atoms. The van der Waals surface area contributed by atoms with Crippen molar-refractivity contribution in [3.05, 3.63) is 11.6 Å². The van der Waals surface area contributed by atoms with Crippen LogP contribution in [0.2, 0.25) is 0 Å². The first-order chi connectivity index (χ1) is 6.40. The van der Waals surface area contributed by atoms with Crippen LogP contribution in [-0.4, -0.2) is 6.04 Å². The van der Waals surface area contributed by atoms with E-state index in [0.29, 0.717) is 6.04 Å². The van der Waals surface area contributed by atoms with Crippen LogP contribution in [0.1, 0.15) is 44.9 Å². The minimum Gasteiger partial charge on any atom is -0.271 e. The predicted molar refractivity (Wildman–Crippen MR) is 55.0 cm³/mol. The lowest BCUT2D eigenvalue weighted by Gasteiger charge is -2.19. The molecule has 0 aromatic carbocycles. The van der Waals surface area contributed by atoms with Crippen molar-refractivity contribution in [2.24, 2.45) is 11.8 Å². The number of nitrogens with one attached hydrogen (secondary N) is 1. The monoisotopic (exact) mass is 180 g/mol. The third-order valence-corrected chi connectivity index (χ3v) is 3.27. The van der Waals surface area contributed by atoms with Gasteiger partial charge in [0.1, 0.15) is 0 Å². The second-order valence-electron chi connectivity index (χ2n) is 4.42. The molecule has 3 N–H and O–H groups in total. The summed E-state index contributed by atoms with van der Waals surface area (Å²) in [6.07, 6.45) is 11.7. The Morgan fingerprint density at radius 1 is 1.46 bits per heavy atom. The molecule has 2 nitrogen and oxygen atoms in total. The van der Waals surface area contributed by atoms with Crippen LogP contribution >= 0.6 is 0 Å². The zero-order chi connectivity index (χ0) is 9.10. The average Bonchev–Trinajstić information content (AvgIpc) is 2.99. The van der Waals surface area contributed by atoms with Crippen molar-refractivity contribution in [3.63, 3.8) is 0 Å². The van der Waals surface area contributed by atoms with Crippen LogP contribution in [0.15, 0.2) is 11.6 Å². The fraction of sp³-hybridized carbons (Fsp3) is 0.818. The molecule has 0 heterocycles. The van der Waals surface area contributed by atoms with E-state index in [9.17, 15) is 0 Å². The van der Waals surface area contributed by atoms with Gasteiger partial charge in [-0.1, -0.05) is 11.6 Å². The fourth-order valence-electron chi connectivity index (χ4n) is 2.23. The highest BCUT2D eigenvalue weighted by Crippen LogP contribution is 2.36. The molecular formula is C11H20N2. The average molecular weight is 180 g/mol. The number of hydrogen-bond acceptors (Lipinski definition) is 2. The van der Waals surface area contributed by atoms with Gasteiger partial charge in [0, 0.05) is 6.04 Å². The highest BCUT2D eigenvalue weighted by atomic mass is 15.2. The van der Waals surface area contributed by atoms with Crippen LogP contribution in [0.4, 0.5) is 0 Å². The van der Waals surface area contributed by atoms with E-state index in [2.05, 4.69) is 11.5 Å². The normalized spacial score (nSPS) is 25.5. The highest BCUT2D eigenvalue weighted by Gasteiger charge is 2.30. The molecular weight excluding hydrogens is 160 g/mol. The molecule has 13 heavy (non-hydrogen) atoms. The van der Waals surface area contributed by atoms with Crippen LogP contribution in [0.25, 0.3) is 0 Å². The SMILES string of the molecule is NNC(CC1=CCCCC1)C1CC1. The van der Waals surface area contributed by atoms with E-state index in [1.54, 1.807) is 5.57 Å². The molecule has 1 unspecified atom stereocenters. The molecule has 74 valence electrons. The van der Waals surface area contributed by atoms with Gasteiger partial charge >= 0.3 is 0 Å². The van der Waals surface area contributed by atoms with Crippen LogP contribution in [0, 0.1) is 5.92 Å². The molecule has 0 spiro atoms. The number of allylic oxidation sites excluding steroid dienone is 1. The minimum absolute atomic E-state index is 0.560. The maximum Gasteiger partial charge on any atom is 0.0275 e. The Balaban J connectivity index is 1.83. The summed E-state index contributed by atoms with van der Waals surface area (Å²) in [6.45, 7) is 0. The van der Waals surface area contributed by atoms with Gasteiger partial charge in [-0.05, 0) is 50.9 Å². The molecule has 0 saturated heterocycles. The molecule has 1 saturated carbocycles. The lowest BCUT2D eigenvalue weighted by Crippen LogP contribution is -2.37. The molecule has 2 heteroatoms. The lowest BCUT2D eigenvalue weighted by atomic mass is 9.93. The topological polar surface area (TPSA) is 38.0 Å². The Bertz CT molecular complexity index is 194. The van der Waals surface area contributed by atoms with Gasteiger partial charge < -0.3 is 0 Å². The minimum atomic E-state index is 0.560. The van der Waals surface area contributed by atoms with Crippen LogP contribution in [0.3, 0.4) is 0 Å². The second kappa shape index (κ2) is 4.25. The third kappa shape index (κ3) is 2.55. The van der Waals surface area contributed by atoms with Gasteiger partial charge in [-0.25, -0.2) is 0 Å². The fourth-order valence-corrected chi connectivity index (χ4v) is 2.23. The number of rotatable bonds is 4. The second-order valence-corrected chi connectivity index (χ2v) is 4.42. The van der Waals surface area contributed by atoms with Gasteiger partial charge in [0.25, 0.3) is 0 Å². The summed E-state index contributed by atoms with van der Waals surface area (Å²) in [5.41, 5.74) is 4.61. The first-order valence-electron chi connectivity index (χ1n) is 5.54. The first kappa shape index (κ1) is 9.22. The van der Waals surface area contributed by atoms with Gasteiger partial charge in [0.15, 0.2) is 0 Å². The molecule has 0 amide bonds. The third-order valence-electron chi connectivity index (χ3n) is 3.27. The lowest BCUT2D eigenvalue weighted by molar-refractivity contribution is 0.460. The van der Waals surface area contributed by atoms with Crippen molar-refractivity contribution in [1.82, 2.24) is 5.43 Å². The Hall–Kier alpha value is -0.340. The van der Waals surface area contributed by atoms with Crippen molar-refractivity contribution < 1.29 is 0 Å². The van der Waals surface area contributed by atoms with E-state index in [-0.39, 0.29) is 0 Å². The Labute approximate surface area is 80.5 Å². The van der Waals surface area contributed by atoms with E-state index in [0.717, 1.165) is 5.92 Å². The molecule has 0 aliphatic heterocycles. The Kier molecular flexibility index (Phi) is 3.01. The van der Waals surface area contributed by atoms with E-state index in [4.69, 9.17) is 5.84 Å². The van der Waals surface area contributed by atoms with Gasteiger partial charge in [0.05, 0.1) is 0 Å². The van der Waals surface area contributed by atoms with E-state index in [1.807, 2.05) is 0 Å². The smallest absolute Gasteiger partial charge is 0.0275 e. The summed E-state index contributed by atoms with van der Waals surface area (Å²) in [6, 6.07) is 0.560. The maximum atomic E-state index is 5.55. The van der Waals surface area contributed by atoms with Gasteiger partial charge in [-0.15, -0.1) is 0 Å². The number of hydrogen-bond donors (Lipinski definition) is 2. The predicted octanol–water partition coefficient (Wildman–Crippen LogP) is 2.12. The summed E-state index contributed by atoms with van der Waals surface area (Å²) >= 11 is 0. The summed E-state index contributed by atoms with van der Waals surface area (Å²) in [4.78, 5) is 0. The van der Waals surface area contributed by atoms with Gasteiger partial charge in [0.2, 0.25) is 0 Å². The highest BCUT2D eigenvalue weighted by molar-refractivity contribution is 5.08.